The van der Waals surface area contributed by atoms with Gasteiger partial charge in [-0.05, 0) is 55.5 Å². The van der Waals surface area contributed by atoms with Crippen molar-refractivity contribution in [2.75, 3.05) is 11.4 Å². The molecule has 5 rings (SSSR count). The van der Waals surface area contributed by atoms with Gasteiger partial charge in [-0.3, -0.25) is 4.40 Å². The molecule has 2 aromatic heterocycles. The second-order valence-electron chi connectivity index (χ2n) is 8.52. The number of aromatic nitrogens is 4. The highest BCUT2D eigenvalue weighted by Gasteiger charge is 2.62. The molecule has 5 nitrogen and oxygen atoms in total. The second kappa shape index (κ2) is 8.14. The Morgan fingerprint density at radius 3 is 2.56 bits per heavy atom. The van der Waals surface area contributed by atoms with Crippen LogP contribution in [0.25, 0.3) is 16.7 Å². The zero-order valence-electron chi connectivity index (χ0n) is 17.7. The largest absolute Gasteiger partial charge is 0.394 e. The van der Waals surface area contributed by atoms with Crippen molar-refractivity contribution in [1.82, 2.24) is 19.6 Å². The average Bonchev–Trinajstić information content (AvgIpc) is 3.45. The number of halogens is 6. The van der Waals surface area contributed by atoms with Crippen LogP contribution in [0.5, 0.6) is 0 Å². The molecule has 2 heterocycles. The molecule has 1 aliphatic carbocycles. The van der Waals surface area contributed by atoms with Gasteiger partial charge >= 0.3 is 6.18 Å². The monoisotopic (exact) mass is 479 g/mol. The van der Waals surface area contributed by atoms with Crippen LogP contribution in [0.1, 0.15) is 24.8 Å². The van der Waals surface area contributed by atoms with Crippen molar-refractivity contribution in [2.24, 2.45) is 5.41 Å². The van der Waals surface area contributed by atoms with E-state index in [0.717, 1.165) is 0 Å². The number of hydrogen-bond acceptors (Lipinski definition) is 4. The number of rotatable bonds is 7. The first kappa shape index (κ1) is 22.4. The van der Waals surface area contributed by atoms with Crippen molar-refractivity contribution in [1.29, 1.82) is 0 Å². The molecule has 1 aliphatic rings. The zero-order valence-corrected chi connectivity index (χ0v) is 17.7. The van der Waals surface area contributed by atoms with Crippen molar-refractivity contribution >= 4 is 28.2 Å². The lowest BCUT2D eigenvalue weighted by atomic mass is 9.96. The van der Waals surface area contributed by atoms with E-state index in [0.29, 0.717) is 11.1 Å². The Morgan fingerprint density at radius 1 is 1.09 bits per heavy atom. The van der Waals surface area contributed by atoms with Crippen LogP contribution in [0.3, 0.4) is 0 Å². The molecule has 0 bridgehead atoms. The van der Waals surface area contributed by atoms with E-state index in [4.69, 9.17) is 0 Å². The molecule has 0 spiro atoms. The summed E-state index contributed by atoms with van der Waals surface area (Å²) in [7, 11) is 0. The number of aryl methyl sites for hydroxylation is 1. The van der Waals surface area contributed by atoms with Crippen molar-refractivity contribution in [3.63, 3.8) is 0 Å². The van der Waals surface area contributed by atoms with Gasteiger partial charge in [0.25, 0.3) is 12.2 Å². The predicted octanol–water partition coefficient (Wildman–Crippen LogP) is 6.09. The van der Waals surface area contributed by atoms with E-state index in [-0.39, 0.29) is 48.4 Å². The summed E-state index contributed by atoms with van der Waals surface area (Å²) in [4.78, 5) is 5.48. The third-order valence-corrected chi connectivity index (χ3v) is 6.36. The van der Waals surface area contributed by atoms with Gasteiger partial charge in [0.15, 0.2) is 0 Å². The first-order valence-electron chi connectivity index (χ1n) is 10.7. The summed E-state index contributed by atoms with van der Waals surface area (Å²) >= 11 is 0. The highest BCUT2D eigenvalue weighted by Crippen LogP contribution is 2.60. The Kier molecular flexibility index (Phi) is 5.37. The lowest BCUT2D eigenvalue weighted by molar-refractivity contribution is -0.188. The number of anilines is 2. The van der Waals surface area contributed by atoms with Crippen LogP contribution in [0.15, 0.2) is 48.8 Å². The van der Waals surface area contributed by atoms with E-state index in [2.05, 4.69) is 15.2 Å². The van der Waals surface area contributed by atoms with Gasteiger partial charge in [0.05, 0.1) is 22.9 Å². The summed E-state index contributed by atoms with van der Waals surface area (Å²) in [6.45, 7) is -0.795. The first-order chi connectivity index (χ1) is 16.2. The molecule has 0 unspecified atom stereocenters. The molecule has 11 heteroatoms. The van der Waals surface area contributed by atoms with Crippen molar-refractivity contribution in [2.45, 2.75) is 38.3 Å². The molecule has 2 aromatic carbocycles. The number of hydrogen-bond donors (Lipinski definition) is 0. The van der Waals surface area contributed by atoms with Gasteiger partial charge in [-0.15, -0.1) is 10.2 Å². The van der Waals surface area contributed by atoms with Crippen molar-refractivity contribution < 1.29 is 26.3 Å². The average molecular weight is 479 g/mol. The van der Waals surface area contributed by atoms with E-state index in [1.165, 1.54) is 27.8 Å². The summed E-state index contributed by atoms with van der Waals surface area (Å²) in [5, 5.41) is 7.66. The predicted molar refractivity (Wildman–Crippen MR) is 114 cm³/mol. The zero-order chi connectivity index (χ0) is 24.1. The summed E-state index contributed by atoms with van der Waals surface area (Å²) in [6.07, 6.45) is -5.44. The van der Waals surface area contributed by atoms with Crippen LogP contribution in [0, 0.1) is 11.2 Å². The molecule has 1 saturated carbocycles. The Balaban J connectivity index is 1.57. The lowest BCUT2D eigenvalue weighted by Gasteiger charge is -2.26. The van der Waals surface area contributed by atoms with Crippen LogP contribution in [-0.4, -0.2) is 38.7 Å². The van der Waals surface area contributed by atoms with Crippen LogP contribution in [0.2, 0.25) is 0 Å². The summed E-state index contributed by atoms with van der Waals surface area (Å²) in [6, 6.07) is 10.6. The van der Waals surface area contributed by atoms with Gasteiger partial charge in [0, 0.05) is 5.69 Å². The molecule has 4 aromatic rings. The fraction of sp³-hybridized carbons (Fsp3) is 0.348. The maximum Gasteiger partial charge on any atom is 0.394 e. The minimum absolute atomic E-state index is 0.00913. The molecule has 0 atom stereocenters. The van der Waals surface area contributed by atoms with E-state index in [9.17, 15) is 26.3 Å². The van der Waals surface area contributed by atoms with E-state index in [1.54, 1.807) is 30.3 Å². The third kappa shape index (κ3) is 3.92. The summed E-state index contributed by atoms with van der Waals surface area (Å²) in [5.74, 6) is -0.628. The lowest BCUT2D eigenvalue weighted by Crippen LogP contribution is -2.26. The fourth-order valence-electron chi connectivity index (χ4n) is 4.30. The number of nitrogens with zero attached hydrogens (tertiary/aromatic N) is 5. The molecular weight excluding hydrogens is 460 g/mol. The van der Waals surface area contributed by atoms with Crippen LogP contribution in [0.4, 0.5) is 37.8 Å². The quantitative estimate of drug-likeness (QED) is 0.301. The fourth-order valence-corrected chi connectivity index (χ4v) is 4.30. The highest BCUT2D eigenvalue weighted by atomic mass is 19.4. The SMILES string of the molecule is Fc1cccc2c1c(N(CC(F)F)c1cccc(CCC3(C(F)(F)F)CC3)c1)nc1nncn12. The number of benzene rings is 2. The third-order valence-electron chi connectivity index (χ3n) is 6.36. The minimum Gasteiger partial charge on any atom is -0.320 e. The molecule has 34 heavy (non-hydrogen) atoms. The molecule has 0 saturated heterocycles. The number of fused-ring (bicyclic) bond motifs is 3. The van der Waals surface area contributed by atoms with Gasteiger partial charge in [0.1, 0.15) is 18.0 Å². The van der Waals surface area contributed by atoms with Gasteiger partial charge in [-0.25, -0.2) is 13.2 Å². The molecular formula is C23H19F6N5. The maximum absolute atomic E-state index is 14.9. The Morgan fingerprint density at radius 2 is 1.85 bits per heavy atom. The molecule has 0 aliphatic heterocycles. The van der Waals surface area contributed by atoms with Crippen molar-refractivity contribution in [3.05, 3.63) is 60.2 Å². The molecule has 0 radical (unpaired) electrons. The Hall–Kier alpha value is -3.37. The normalized spacial score (nSPS) is 15.4. The van der Waals surface area contributed by atoms with E-state index in [1.807, 2.05) is 0 Å². The van der Waals surface area contributed by atoms with Gasteiger partial charge in [-0.1, -0.05) is 18.2 Å². The van der Waals surface area contributed by atoms with Gasteiger partial charge in [0.2, 0.25) is 0 Å². The maximum atomic E-state index is 14.9. The van der Waals surface area contributed by atoms with Gasteiger partial charge < -0.3 is 4.90 Å². The second-order valence-corrected chi connectivity index (χ2v) is 8.52. The smallest absolute Gasteiger partial charge is 0.320 e. The molecule has 178 valence electrons. The molecule has 0 N–H and O–H groups in total. The van der Waals surface area contributed by atoms with Crippen LogP contribution in [-0.2, 0) is 6.42 Å². The van der Waals surface area contributed by atoms with Crippen molar-refractivity contribution in [3.8, 4) is 0 Å². The van der Waals surface area contributed by atoms with Gasteiger partial charge in [-0.2, -0.15) is 18.2 Å². The highest BCUT2D eigenvalue weighted by molar-refractivity contribution is 5.94. The first-order valence-corrected chi connectivity index (χ1v) is 10.7. The number of alkyl halides is 5. The Labute approximate surface area is 190 Å². The summed E-state index contributed by atoms with van der Waals surface area (Å²) in [5.41, 5.74) is -0.469. The van der Waals surface area contributed by atoms with E-state index < -0.39 is 30.4 Å². The minimum atomic E-state index is -4.26. The Bertz CT molecular complexity index is 1340. The van der Waals surface area contributed by atoms with Crippen LogP contribution < -0.4 is 4.90 Å². The topological polar surface area (TPSA) is 46.3 Å². The van der Waals surface area contributed by atoms with E-state index >= 15 is 0 Å². The standard InChI is InChI=1S/C23H19F6N5/c24-16-5-2-6-17-19(16)20(31-21-32-30-13-34(17)21)33(12-18(25)26)15-4-1-3-14(11-15)7-8-22(9-10-22)23(27,28)29/h1-6,11,13,18H,7-10,12H2. The molecule has 1 fully saturated rings. The summed E-state index contributed by atoms with van der Waals surface area (Å²) < 4.78 is 83.6. The van der Waals surface area contributed by atoms with Crippen LogP contribution >= 0.6 is 0 Å². The molecule has 0 amide bonds.